The molecule has 0 radical (unpaired) electrons. The Morgan fingerprint density at radius 1 is 1.19 bits per heavy atom. The number of hydrogen-bond donors (Lipinski definition) is 1. The molecule has 0 spiro atoms. The lowest BCUT2D eigenvalue weighted by Gasteiger charge is -2.02. The Labute approximate surface area is 90.4 Å². The summed E-state index contributed by atoms with van der Waals surface area (Å²) in [5, 5.41) is 0. The van der Waals surface area contributed by atoms with E-state index < -0.39 is 0 Å². The first kappa shape index (κ1) is 8.84. The summed E-state index contributed by atoms with van der Waals surface area (Å²) in [5.41, 5.74) is 2.31. The molecule has 0 atom stereocenters. The third-order valence-electron chi connectivity index (χ3n) is 2.43. The monoisotopic (exact) mass is 212 g/mol. The maximum absolute atomic E-state index is 11.5. The van der Waals surface area contributed by atoms with Gasteiger partial charge >= 0.3 is 5.69 Å². The summed E-state index contributed by atoms with van der Waals surface area (Å²) in [7, 11) is 0. The molecule has 0 aromatic carbocycles. The summed E-state index contributed by atoms with van der Waals surface area (Å²) in [6.45, 7) is 0. The molecule has 3 aromatic rings. The third kappa shape index (κ3) is 1.22. The summed E-state index contributed by atoms with van der Waals surface area (Å²) in [6.07, 6.45) is 8.33. The minimum atomic E-state index is -0.190. The van der Waals surface area contributed by atoms with Crippen molar-refractivity contribution in [2.75, 3.05) is 0 Å². The topological polar surface area (TPSA) is 63.0 Å². The Morgan fingerprint density at radius 2 is 2.00 bits per heavy atom. The maximum Gasteiger partial charge on any atom is 0.331 e. The largest absolute Gasteiger partial charge is 0.331 e. The van der Waals surface area contributed by atoms with Gasteiger partial charge in [-0.3, -0.25) is 9.38 Å². The first-order valence-corrected chi connectivity index (χ1v) is 4.81. The number of nitrogens with zero attached hydrogens (tertiary/aromatic N) is 3. The van der Waals surface area contributed by atoms with Crippen LogP contribution in [0.4, 0.5) is 0 Å². The Balaban J connectivity index is 2.37. The number of H-pyrrole nitrogens is 1. The van der Waals surface area contributed by atoms with Gasteiger partial charge in [-0.1, -0.05) is 0 Å². The molecule has 5 heteroatoms. The molecule has 0 bridgehead atoms. The van der Waals surface area contributed by atoms with Crippen molar-refractivity contribution >= 4 is 5.65 Å². The number of pyridine rings is 1. The minimum absolute atomic E-state index is 0.190. The highest BCUT2D eigenvalue weighted by Crippen LogP contribution is 2.20. The molecule has 0 unspecified atom stereocenters. The fraction of sp³-hybridized carbons (Fsp3) is 0. The second kappa shape index (κ2) is 3.30. The van der Waals surface area contributed by atoms with Crippen LogP contribution in [-0.2, 0) is 0 Å². The van der Waals surface area contributed by atoms with Crippen LogP contribution in [0.15, 0.2) is 47.9 Å². The third-order valence-corrected chi connectivity index (χ3v) is 2.43. The zero-order valence-corrected chi connectivity index (χ0v) is 8.29. The van der Waals surface area contributed by atoms with E-state index in [1.165, 1.54) is 4.40 Å². The molecule has 78 valence electrons. The van der Waals surface area contributed by atoms with Gasteiger partial charge in [-0.05, 0) is 17.7 Å². The second-order valence-electron chi connectivity index (χ2n) is 3.36. The van der Waals surface area contributed by atoms with Crippen molar-refractivity contribution in [3.05, 3.63) is 53.6 Å². The van der Waals surface area contributed by atoms with Crippen molar-refractivity contribution in [3.63, 3.8) is 0 Å². The van der Waals surface area contributed by atoms with Crippen molar-refractivity contribution in [1.29, 1.82) is 0 Å². The van der Waals surface area contributed by atoms with Crippen LogP contribution in [0.5, 0.6) is 0 Å². The molecule has 16 heavy (non-hydrogen) atoms. The van der Waals surface area contributed by atoms with Crippen molar-refractivity contribution in [2.24, 2.45) is 0 Å². The Hall–Kier alpha value is -2.43. The SMILES string of the molecule is O=c1[nH]cc(-c2ccncc2)c2nccn12. The summed E-state index contributed by atoms with van der Waals surface area (Å²) in [4.78, 5) is 22.3. The number of aromatic nitrogens is 4. The zero-order chi connectivity index (χ0) is 11.0. The highest BCUT2D eigenvalue weighted by atomic mass is 16.1. The number of imidazole rings is 1. The predicted octanol–water partition coefficient (Wildman–Crippen LogP) is 1.08. The quantitative estimate of drug-likeness (QED) is 0.656. The zero-order valence-electron chi connectivity index (χ0n) is 8.29. The van der Waals surface area contributed by atoms with Crippen molar-refractivity contribution in [2.45, 2.75) is 0 Å². The first-order valence-electron chi connectivity index (χ1n) is 4.81. The number of rotatable bonds is 1. The van der Waals surface area contributed by atoms with Gasteiger partial charge in [0.05, 0.1) is 0 Å². The highest BCUT2D eigenvalue weighted by Gasteiger charge is 2.06. The Morgan fingerprint density at radius 3 is 2.81 bits per heavy atom. The molecule has 0 saturated heterocycles. The molecule has 0 aliphatic rings. The number of aromatic amines is 1. The smallest absolute Gasteiger partial charge is 0.313 e. The molecule has 0 saturated carbocycles. The average Bonchev–Trinajstić information content (AvgIpc) is 2.81. The van der Waals surface area contributed by atoms with E-state index in [9.17, 15) is 4.79 Å². The number of fused-ring (bicyclic) bond motifs is 1. The van der Waals surface area contributed by atoms with Gasteiger partial charge in [0.1, 0.15) is 5.65 Å². The second-order valence-corrected chi connectivity index (χ2v) is 3.36. The molecule has 0 aliphatic carbocycles. The molecule has 1 N–H and O–H groups in total. The summed E-state index contributed by atoms with van der Waals surface area (Å²) < 4.78 is 1.48. The van der Waals surface area contributed by atoms with Gasteiger partial charge in [0.15, 0.2) is 0 Å². The molecule has 5 nitrogen and oxygen atoms in total. The van der Waals surface area contributed by atoms with Gasteiger partial charge in [0.2, 0.25) is 0 Å². The standard InChI is InChI=1S/C11H8N4O/c16-11-14-7-9(8-1-3-12-4-2-8)10-13-5-6-15(10)11/h1-7H,(H,14,16). The van der Waals surface area contributed by atoms with E-state index in [-0.39, 0.29) is 5.69 Å². The van der Waals surface area contributed by atoms with Crippen molar-refractivity contribution in [1.82, 2.24) is 19.4 Å². The summed E-state index contributed by atoms with van der Waals surface area (Å²) in [5.74, 6) is 0. The molecule has 0 amide bonds. The average molecular weight is 212 g/mol. The van der Waals surface area contributed by atoms with Crippen molar-refractivity contribution in [3.8, 4) is 11.1 Å². The van der Waals surface area contributed by atoms with Crippen LogP contribution in [-0.4, -0.2) is 19.4 Å². The number of hydrogen-bond acceptors (Lipinski definition) is 3. The van der Waals surface area contributed by atoms with Crippen LogP contribution in [0.3, 0.4) is 0 Å². The molecule has 0 fully saturated rings. The van der Waals surface area contributed by atoms with Crippen LogP contribution >= 0.6 is 0 Å². The minimum Gasteiger partial charge on any atom is -0.313 e. The van der Waals surface area contributed by atoms with Crippen LogP contribution in [0.2, 0.25) is 0 Å². The Bertz CT molecular complexity index is 684. The molecular formula is C11H8N4O. The van der Waals surface area contributed by atoms with Gasteiger partial charge < -0.3 is 4.98 Å². The fourth-order valence-corrected chi connectivity index (χ4v) is 1.68. The predicted molar refractivity (Wildman–Crippen MR) is 59.0 cm³/mol. The van der Waals surface area contributed by atoms with Gasteiger partial charge in [0, 0.05) is 36.5 Å². The van der Waals surface area contributed by atoms with E-state index in [0.717, 1.165) is 11.1 Å². The van der Waals surface area contributed by atoms with E-state index in [1.54, 1.807) is 31.0 Å². The van der Waals surface area contributed by atoms with Crippen LogP contribution in [0.1, 0.15) is 0 Å². The molecule has 0 aliphatic heterocycles. The van der Waals surface area contributed by atoms with Gasteiger partial charge in [-0.15, -0.1) is 0 Å². The maximum atomic E-state index is 11.5. The fourth-order valence-electron chi connectivity index (χ4n) is 1.68. The normalized spacial score (nSPS) is 10.8. The molecule has 3 rings (SSSR count). The van der Waals surface area contributed by atoms with E-state index in [0.29, 0.717) is 5.65 Å². The molecule has 3 aromatic heterocycles. The molecular weight excluding hydrogens is 204 g/mol. The van der Waals surface area contributed by atoms with Crippen LogP contribution in [0, 0.1) is 0 Å². The van der Waals surface area contributed by atoms with Gasteiger partial charge in [-0.2, -0.15) is 0 Å². The van der Waals surface area contributed by atoms with E-state index in [4.69, 9.17) is 0 Å². The van der Waals surface area contributed by atoms with Gasteiger partial charge in [0.25, 0.3) is 0 Å². The number of nitrogens with one attached hydrogen (secondary N) is 1. The summed E-state index contributed by atoms with van der Waals surface area (Å²) >= 11 is 0. The Kier molecular flexibility index (Phi) is 1.83. The summed E-state index contributed by atoms with van der Waals surface area (Å²) in [6, 6.07) is 3.75. The van der Waals surface area contributed by atoms with Crippen LogP contribution in [0.25, 0.3) is 16.8 Å². The van der Waals surface area contributed by atoms with Crippen LogP contribution < -0.4 is 5.69 Å². The first-order chi connectivity index (χ1) is 7.86. The van der Waals surface area contributed by atoms with E-state index in [2.05, 4.69) is 15.0 Å². The van der Waals surface area contributed by atoms with Gasteiger partial charge in [-0.25, -0.2) is 9.78 Å². The van der Waals surface area contributed by atoms with Crippen molar-refractivity contribution < 1.29 is 0 Å². The highest BCUT2D eigenvalue weighted by molar-refractivity contribution is 5.76. The lowest BCUT2D eigenvalue weighted by atomic mass is 10.1. The van der Waals surface area contributed by atoms with E-state index in [1.807, 2.05) is 12.1 Å². The molecule has 3 heterocycles. The lowest BCUT2D eigenvalue weighted by molar-refractivity contribution is 1.01. The lowest BCUT2D eigenvalue weighted by Crippen LogP contribution is -2.15. The van der Waals surface area contributed by atoms with E-state index >= 15 is 0 Å².